The number of aromatic amines is 1. The van der Waals surface area contributed by atoms with Gasteiger partial charge in [0.1, 0.15) is 0 Å². The van der Waals surface area contributed by atoms with Crippen molar-refractivity contribution in [1.82, 2.24) is 4.98 Å². The van der Waals surface area contributed by atoms with Crippen molar-refractivity contribution in [2.75, 3.05) is 6.54 Å². The molecule has 0 spiro atoms. The lowest BCUT2D eigenvalue weighted by Crippen LogP contribution is -2.07. The zero-order valence-corrected chi connectivity index (χ0v) is 14.7. The van der Waals surface area contributed by atoms with E-state index in [9.17, 15) is 26.3 Å². The van der Waals surface area contributed by atoms with E-state index in [1.165, 1.54) is 24.3 Å². The second-order valence-corrected chi connectivity index (χ2v) is 6.53. The normalized spacial score (nSPS) is 12.7. The van der Waals surface area contributed by atoms with E-state index < -0.39 is 23.5 Å². The molecule has 2 nitrogen and oxygen atoms in total. The van der Waals surface area contributed by atoms with Crippen LogP contribution in [0, 0.1) is 0 Å². The van der Waals surface area contributed by atoms with Gasteiger partial charge in [-0.25, -0.2) is 0 Å². The van der Waals surface area contributed by atoms with Crippen LogP contribution in [0.25, 0.3) is 22.2 Å². The molecule has 0 amide bonds. The second kappa shape index (κ2) is 7.50. The first-order valence-corrected chi connectivity index (χ1v) is 8.71. The van der Waals surface area contributed by atoms with Crippen molar-refractivity contribution in [2.24, 2.45) is 5.73 Å². The molecule has 0 aliphatic heterocycles. The van der Waals surface area contributed by atoms with Crippen LogP contribution >= 0.6 is 0 Å². The first-order chi connectivity index (χ1) is 13.1. The number of rotatable bonds is 5. The quantitative estimate of drug-likeness (QED) is 0.391. The van der Waals surface area contributed by atoms with Crippen molar-refractivity contribution in [1.29, 1.82) is 0 Å². The smallest absolute Gasteiger partial charge is 0.354 e. The van der Waals surface area contributed by atoms with Crippen LogP contribution in [0.1, 0.15) is 29.5 Å². The van der Waals surface area contributed by atoms with Crippen LogP contribution in [0.2, 0.25) is 0 Å². The summed E-state index contributed by atoms with van der Waals surface area (Å²) in [7, 11) is 0. The van der Waals surface area contributed by atoms with E-state index >= 15 is 0 Å². The molecule has 8 heteroatoms. The third-order valence-corrected chi connectivity index (χ3v) is 4.62. The molecule has 3 aromatic rings. The molecule has 0 unspecified atom stereocenters. The minimum atomic E-state index is -4.58. The fourth-order valence-corrected chi connectivity index (χ4v) is 3.31. The Labute approximate surface area is 157 Å². The van der Waals surface area contributed by atoms with Crippen molar-refractivity contribution in [2.45, 2.75) is 31.6 Å². The minimum Gasteiger partial charge on any atom is -0.354 e. The zero-order chi connectivity index (χ0) is 20.5. The molecule has 3 N–H and O–H groups in total. The van der Waals surface area contributed by atoms with E-state index in [-0.39, 0.29) is 16.6 Å². The molecule has 28 heavy (non-hydrogen) atoms. The second-order valence-electron chi connectivity index (χ2n) is 6.53. The number of hydrogen-bond donors (Lipinski definition) is 2. The Morgan fingerprint density at radius 1 is 0.857 bits per heavy atom. The molecule has 0 fully saturated rings. The average molecular weight is 400 g/mol. The van der Waals surface area contributed by atoms with Crippen LogP contribution in [-0.2, 0) is 18.8 Å². The number of hydrogen-bond acceptors (Lipinski definition) is 1. The Balaban J connectivity index is 2.24. The Morgan fingerprint density at radius 2 is 1.57 bits per heavy atom. The highest BCUT2D eigenvalue weighted by Crippen LogP contribution is 2.41. The van der Waals surface area contributed by atoms with Crippen LogP contribution < -0.4 is 5.73 Å². The number of H-pyrrole nitrogens is 1. The van der Waals surface area contributed by atoms with Crippen LogP contribution in [0.5, 0.6) is 0 Å². The van der Waals surface area contributed by atoms with Crippen molar-refractivity contribution in [3.8, 4) is 11.3 Å². The number of fused-ring (bicyclic) bond motifs is 1. The van der Waals surface area contributed by atoms with E-state index in [0.29, 0.717) is 36.9 Å². The SMILES string of the molecule is NCCCCc1c(-c2ccccc2C(F)(F)F)[nH]c2ccc(C(F)(F)F)cc12. The lowest BCUT2D eigenvalue weighted by molar-refractivity contribution is -0.138. The van der Waals surface area contributed by atoms with Crippen molar-refractivity contribution < 1.29 is 26.3 Å². The summed E-state index contributed by atoms with van der Waals surface area (Å²) in [4.78, 5) is 2.90. The van der Waals surface area contributed by atoms with Gasteiger partial charge < -0.3 is 10.7 Å². The summed E-state index contributed by atoms with van der Waals surface area (Å²) in [5.74, 6) is 0. The molecule has 3 rings (SSSR count). The molecular weight excluding hydrogens is 382 g/mol. The summed E-state index contributed by atoms with van der Waals surface area (Å²) in [5.41, 5.74) is 4.73. The molecule has 1 heterocycles. The average Bonchev–Trinajstić information content (AvgIpc) is 2.98. The zero-order valence-electron chi connectivity index (χ0n) is 14.7. The Hall–Kier alpha value is -2.48. The van der Waals surface area contributed by atoms with E-state index in [2.05, 4.69) is 4.98 Å². The van der Waals surface area contributed by atoms with Gasteiger partial charge in [-0.2, -0.15) is 26.3 Å². The van der Waals surface area contributed by atoms with Crippen molar-refractivity contribution in [3.63, 3.8) is 0 Å². The van der Waals surface area contributed by atoms with Crippen molar-refractivity contribution >= 4 is 10.9 Å². The van der Waals surface area contributed by atoms with Gasteiger partial charge in [0.15, 0.2) is 0 Å². The molecule has 0 aliphatic carbocycles. The third-order valence-electron chi connectivity index (χ3n) is 4.62. The number of aromatic nitrogens is 1. The third kappa shape index (κ3) is 4.01. The first kappa shape index (κ1) is 20.3. The Bertz CT molecular complexity index is 969. The molecule has 2 aromatic carbocycles. The number of halogens is 6. The molecule has 0 radical (unpaired) electrons. The lowest BCUT2D eigenvalue weighted by Gasteiger charge is -2.13. The standard InChI is InChI=1S/C20H18F6N2/c21-19(22,23)12-8-9-17-15(11-12)13(5-3-4-10-27)18(28-17)14-6-1-2-7-16(14)20(24,25)26/h1-2,6-9,11,28H,3-5,10,27H2. The summed E-state index contributed by atoms with van der Waals surface area (Å²) in [5, 5.41) is 0.277. The summed E-state index contributed by atoms with van der Waals surface area (Å²) < 4.78 is 79.8. The van der Waals surface area contributed by atoms with Crippen LogP contribution in [-0.4, -0.2) is 11.5 Å². The van der Waals surface area contributed by atoms with Gasteiger partial charge in [0, 0.05) is 16.5 Å². The van der Waals surface area contributed by atoms with Gasteiger partial charge >= 0.3 is 12.4 Å². The molecular formula is C20H18F6N2. The first-order valence-electron chi connectivity index (χ1n) is 8.71. The van der Waals surface area contributed by atoms with Gasteiger partial charge in [0.25, 0.3) is 0 Å². The molecule has 0 aliphatic rings. The molecule has 1 aromatic heterocycles. The highest BCUT2D eigenvalue weighted by molar-refractivity contribution is 5.92. The predicted octanol–water partition coefficient (Wildman–Crippen LogP) is 6.15. The van der Waals surface area contributed by atoms with Crippen LogP contribution in [0.3, 0.4) is 0 Å². The summed E-state index contributed by atoms with van der Waals surface area (Å²) in [6.45, 7) is 0.393. The van der Waals surface area contributed by atoms with Gasteiger partial charge in [-0.1, -0.05) is 18.2 Å². The number of nitrogens with two attached hydrogens (primary N) is 1. The topological polar surface area (TPSA) is 41.8 Å². The largest absolute Gasteiger partial charge is 0.417 e. The monoisotopic (exact) mass is 400 g/mol. The predicted molar refractivity (Wildman–Crippen MR) is 95.7 cm³/mol. The number of aryl methyl sites for hydroxylation is 1. The highest BCUT2D eigenvalue weighted by atomic mass is 19.4. The van der Waals surface area contributed by atoms with Gasteiger partial charge in [-0.15, -0.1) is 0 Å². The number of alkyl halides is 6. The summed E-state index contributed by atoms with van der Waals surface area (Å²) >= 11 is 0. The number of benzene rings is 2. The minimum absolute atomic E-state index is 0.0810. The van der Waals surface area contributed by atoms with E-state index in [4.69, 9.17) is 5.73 Å². The Kier molecular flexibility index (Phi) is 5.43. The number of unbranched alkanes of at least 4 members (excludes halogenated alkanes) is 1. The molecule has 0 bridgehead atoms. The van der Waals surface area contributed by atoms with E-state index in [1.807, 2.05) is 0 Å². The maximum absolute atomic E-state index is 13.5. The molecule has 0 saturated carbocycles. The highest BCUT2D eigenvalue weighted by Gasteiger charge is 2.35. The lowest BCUT2D eigenvalue weighted by atomic mass is 9.96. The van der Waals surface area contributed by atoms with Crippen molar-refractivity contribution in [3.05, 3.63) is 59.2 Å². The Morgan fingerprint density at radius 3 is 2.21 bits per heavy atom. The van der Waals surface area contributed by atoms with E-state index in [0.717, 1.165) is 18.2 Å². The fourth-order valence-electron chi connectivity index (χ4n) is 3.31. The van der Waals surface area contributed by atoms with Gasteiger partial charge in [-0.3, -0.25) is 0 Å². The summed E-state index contributed by atoms with van der Waals surface area (Å²) in [6, 6.07) is 8.21. The molecule has 150 valence electrons. The van der Waals surface area contributed by atoms with Crippen LogP contribution in [0.4, 0.5) is 26.3 Å². The van der Waals surface area contributed by atoms with Gasteiger partial charge in [0.05, 0.1) is 16.8 Å². The number of nitrogens with one attached hydrogen (secondary N) is 1. The summed E-state index contributed by atoms with van der Waals surface area (Å²) in [6.07, 6.45) is -7.63. The van der Waals surface area contributed by atoms with Crippen LogP contribution in [0.15, 0.2) is 42.5 Å². The maximum atomic E-state index is 13.5. The molecule has 0 atom stereocenters. The fraction of sp³-hybridized carbons (Fsp3) is 0.300. The van der Waals surface area contributed by atoms with E-state index in [1.54, 1.807) is 0 Å². The molecule has 0 saturated heterocycles. The van der Waals surface area contributed by atoms with Gasteiger partial charge in [-0.05, 0) is 55.6 Å². The van der Waals surface area contributed by atoms with Gasteiger partial charge in [0.2, 0.25) is 0 Å². The maximum Gasteiger partial charge on any atom is 0.417 e.